The van der Waals surface area contributed by atoms with Crippen molar-refractivity contribution in [2.45, 2.75) is 110 Å². The molecule has 0 spiro atoms. The van der Waals surface area contributed by atoms with E-state index in [1.165, 1.54) is 6.92 Å². The first-order chi connectivity index (χ1) is 24.7. The minimum atomic E-state index is -0.948. The van der Waals surface area contributed by atoms with Crippen LogP contribution in [0, 0.1) is 23.7 Å². The number of unbranched alkanes of at least 4 members (excludes halogenated alkanes) is 1. The Labute approximate surface area is 308 Å². The number of carbonyl (C=O) groups is 5. The molecule has 2 aromatic rings. The molecule has 12 nitrogen and oxygen atoms in total. The molecule has 0 bridgehead atoms. The SMILES string of the molecule is CNCCCC[C@@H](C)C(=O)N[C@H](C(=O)N(C)[C@H](C[C@@H](OC(C)=O)c1cccc(C(=O)N[C@@H](Cc2ccccc2)C[C@H](C)C(=O)O)n1)C(C)C)C1CC1. The van der Waals surface area contributed by atoms with Gasteiger partial charge >= 0.3 is 11.9 Å². The minimum absolute atomic E-state index is 0.0462. The molecule has 0 saturated heterocycles. The lowest BCUT2D eigenvalue weighted by atomic mass is 9.93. The van der Waals surface area contributed by atoms with Crippen LogP contribution in [0.15, 0.2) is 48.5 Å². The second-order valence-corrected chi connectivity index (χ2v) is 14.7. The lowest BCUT2D eigenvalue weighted by Gasteiger charge is -2.36. The number of pyridine rings is 1. The summed E-state index contributed by atoms with van der Waals surface area (Å²) in [6.45, 7) is 9.67. The number of aliphatic carboxylic acids is 1. The molecule has 6 atom stereocenters. The smallest absolute Gasteiger partial charge is 0.306 e. The second-order valence-electron chi connectivity index (χ2n) is 14.7. The van der Waals surface area contributed by atoms with Crippen LogP contribution >= 0.6 is 0 Å². The fourth-order valence-electron chi connectivity index (χ4n) is 6.53. The van der Waals surface area contributed by atoms with Crippen LogP contribution in [0.1, 0.15) is 107 Å². The molecule has 4 N–H and O–H groups in total. The number of nitrogens with one attached hydrogen (secondary N) is 3. The van der Waals surface area contributed by atoms with Crippen LogP contribution in [0.5, 0.6) is 0 Å². The Bertz CT molecular complexity index is 1480. The van der Waals surface area contributed by atoms with Crippen LogP contribution < -0.4 is 16.0 Å². The monoisotopic (exact) mass is 721 g/mol. The summed E-state index contributed by atoms with van der Waals surface area (Å²) in [6.07, 6.45) is 4.38. The van der Waals surface area contributed by atoms with E-state index in [0.717, 1.165) is 44.2 Å². The van der Waals surface area contributed by atoms with E-state index in [1.54, 1.807) is 37.1 Å². The zero-order valence-corrected chi connectivity index (χ0v) is 31.9. The van der Waals surface area contributed by atoms with Crippen molar-refractivity contribution >= 4 is 29.7 Å². The van der Waals surface area contributed by atoms with E-state index < -0.39 is 42.0 Å². The van der Waals surface area contributed by atoms with Crippen LogP contribution in [0.4, 0.5) is 0 Å². The van der Waals surface area contributed by atoms with E-state index in [4.69, 9.17) is 4.74 Å². The highest BCUT2D eigenvalue weighted by atomic mass is 16.5. The molecule has 1 aromatic carbocycles. The predicted molar refractivity (Wildman–Crippen MR) is 199 cm³/mol. The Morgan fingerprint density at radius 2 is 1.62 bits per heavy atom. The molecule has 1 fully saturated rings. The van der Waals surface area contributed by atoms with Gasteiger partial charge in [0.1, 0.15) is 17.8 Å². The van der Waals surface area contributed by atoms with Gasteiger partial charge in [0.05, 0.1) is 11.6 Å². The van der Waals surface area contributed by atoms with Crippen LogP contribution in [-0.2, 0) is 30.3 Å². The average molecular weight is 722 g/mol. The number of nitrogens with zero attached hydrogens (tertiary/aromatic N) is 2. The summed E-state index contributed by atoms with van der Waals surface area (Å²) >= 11 is 0. The van der Waals surface area contributed by atoms with Crippen LogP contribution in [0.2, 0.25) is 0 Å². The van der Waals surface area contributed by atoms with Gasteiger partial charge in [0.15, 0.2) is 0 Å². The van der Waals surface area contributed by atoms with Crippen molar-refractivity contribution in [1.29, 1.82) is 0 Å². The number of carbonyl (C=O) groups excluding carboxylic acids is 4. The maximum atomic E-state index is 14.1. The number of likely N-dealkylation sites (N-methyl/N-ethyl adjacent to an activating group) is 1. The number of carboxylic acid groups (broad SMARTS) is 1. The predicted octanol–water partition coefficient (Wildman–Crippen LogP) is 4.93. The van der Waals surface area contributed by atoms with Crippen molar-refractivity contribution in [2.75, 3.05) is 20.6 Å². The maximum absolute atomic E-state index is 14.1. The summed E-state index contributed by atoms with van der Waals surface area (Å²) in [7, 11) is 3.63. The molecule has 1 heterocycles. The zero-order chi connectivity index (χ0) is 38.4. The van der Waals surface area contributed by atoms with Crippen molar-refractivity contribution in [2.24, 2.45) is 23.7 Å². The number of esters is 1. The van der Waals surface area contributed by atoms with Gasteiger partial charge in [-0.15, -0.1) is 0 Å². The lowest BCUT2D eigenvalue weighted by molar-refractivity contribution is -0.149. The highest BCUT2D eigenvalue weighted by molar-refractivity contribution is 5.92. The maximum Gasteiger partial charge on any atom is 0.306 e. The van der Waals surface area contributed by atoms with E-state index in [9.17, 15) is 29.1 Å². The van der Waals surface area contributed by atoms with Crippen molar-refractivity contribution in [3.63, 3.8) is 0 Å². The first kappa shape index (κ1) is 42.1. The number of aromatic nitrogens is 1. The fourth-order valence-corrected chi connectivity index (χ4v) is 6.53. The van der Waals surface area contributed by atoms with Gasteiger partial charge in [-0.1, -0.05) is 70.5 Å². The Kier molecular flexibility index (Phi) is 16.7. The molecule has 0 unspecified atom stereocenters. The van der Waals surface area contributed by atoms with E-state index in [2.05, 4.69) is 20.9 Å². The van der Waals surface area contributed by atoms with Gasteiger partial charge in [-0.3, -0.25) is 24.0 Å². The number of hydrogen-bond acceptors (Lipinski definition) is 8. The Morgan fingerprint density at radius 3 is 2.21 bits per heavy atom. The third kappa shape index (κ3) is 13.3. The Hall–Kier alpha value is -4.32. The summed E-state index contributed by atoms with van der Waals surface area (Å²) in [5.41, 5.74) is 1.41. The third-order valence-electron chi connectivity index (χ3n) is 9.85. The van der Waals surface area contributed by atoms with Crippen molar-refractivity contribution in [1.82, 2.24) is 25.8 Å². The normalized spacial score (nSPS) is 16.2. The lowest BCUT2D eigenvalue weighted by Crippen LogP contribution is -2.53. The molecule has 1 aliphatic rings. The second kappa shape index (κ2) is 20.7. The van der Waals surface area contributed by atoms with Crippen LogP contribution in [-0.4, -0.2) is 83.4 Å². The molecule has 0 radical (unpaired) electrons. The Morgan fingerprint density at radius 1 is 0.923 bits per heavy atom. The van der Waals surface area contributed by atoms with Gasteiger partial charge in [0, 0.05) is 38.4 Å². The summed E-state index contributed by atoms with van der Waals surface area (Å²) in [6, 6.07) is 12.9. The molecular formula is C40H59N5O7. The van der Waals surface area contributed by atoms with E-state index in [0.29, 0.717) is 12.1 Å². The van der Waals surface area contributed by atoms with Crippen molar-refractivity contribution < 1.29 is 33.8 Å². The quantitative estimate of drug-likeness (QED) is 0.0974. The fraction of sp³-hybridized carbons (Fsp3) is 0.600. The molecular weight excluding hydrogens is 662 g/mol. The zero-order valence-electron chi connectivity index (χ0n) is 31.9. The summed E-state index contributed by atoms with van der Waals surface area (Å²) in [5, 5.41) is 18.7. The van der Waals surface area contributed by atoms with Gasteiger partial charge in [-0.05, 0) is 81.6 Å². The number of carboxylic acids is 1. The van der Waals surface area contributed by atoms with Crippen molar-refractivity contribution in [3.05, 3.63) is 65.5 Å². The van der Waals surface area contributed by atoms with E-state index in [1.807, 2.05) is 58.2 Å². The first-order valence-electron chi connectivity index (χ1n) is 18.6. The first-order valence-corrected chi connectivity index (χ1v) is 18.6. The standard InChI is InChI=1S/C40H59N5O7/c1-25(2)34(45(7)39(49)36(30-19-20-30)44-37(47)26(3)14-11-12-21-41-6)24-35(52-28(5)46)32-17-13-18-33(43-32)38(48)42-31(22-27(4)40(50)51)23-29-15-9-8-10-16-29/h8-10,13,15-18,25-27,30-31,34-36,41H,11-12,14,19-24H2,1-7H3,(H,42,48)(H,44,47)(H,50,51)/t26-,27+,31-,34-,35-,36+/m1/s1. The Balaban J connectivity index is 1.79. The van der Waals surface area contributed by atoms with E-state index in [-0.39, 0.29) is 54.1 Å². The van der Waals surface area contributed by atoms with E-state index >= 15 is 0 Å². The molecule has 1 saturated carbocycles. The molecule has 286 valence electrons. The van der Waals surface area contributed by atoms with Gasteiger partial charge < -0.3 is 30.7 Å². The molecule has 3 rings (SSSR count). The van der Waals surface area contributed by atoms with Crippen molar-refractivity contribution in [3.8, 4) is 0 Å². The van der Waals surface area contributed by atoms with Gasteiger partial charge in [0.25, 0.3) is 5.91 Å². The number of ether oxygens (including phenoxy) is 1. The average Bonchev–Trinajstić information content (AvgIpc) is 3.95. The van der Waals surface area contributed by atoms with Crippen LogP contribution in [0.25, 0.3) is 0 Å². The molecule has 3 amide bonds. The molecule has 0 aliphatic heterocycles. The number of benzene rings is 1. The number of rotatable bonds is 22. The van der Waals surface area contributed by atoms with Gasteiger partial charge in [0.2, 0.25) is 11.8 Å². The summed E-state index contributed by atoms with van der Waals surface area (Å²) in [5.74, 6) is -3.12. The topological polar surface area (TPSA) is 167 Å². The van der Waals surface area contributed by atoms with Gasteiger partial charge in [-0.2, -0.15) is 0 Å². The number of hydrogen-bond donors (Lipinski definition) is 4. The summed E-state index contributed by atoms with van der Waals surface area (Å²) in [4.78, 5) is 71.1. The molecule has 1 aliphatic carbocycles. The molecule has 1 aromatic heterocycles. The van der Waals surface area contributed by atoms with Gasteiger partial charge in [-0.25, -0.2) is 4.98 Å². The highest BCUT2D eigenvalue weighted by Gasteiger charge is 2.41. The summed E-state index contributed by atoms with van der Waals surface area (Å²) < 4.78 is 5.78. The third-order valence-corrected chi connectivity index (χ3v) is 9.85. The highest BCUT2D eigenvalue weighted by Crippen LogP contribution is 2.35. The largest absolute Gasteiger partial charge is 0.481 e. The molecule has 12 heteroatoms. The minimum Gasteiger partial charge on any atom is -0.481 e. The number of amides is 3. The van der Waals surface area contributed by atoms with Crippen LogP contribution in [0.3, 0.4) is 0 Å². The molecule has 52 heavy (non-hydrogen) atoms.